The SMILES string of the molecule is CNS(=O)(=O)CCCC(=O)N[C@H]1Cc2cccc(C(N)=O)c2OB1N=O. The van der Waals surface area contributed by atoms with Crippen molar-refractivity contribution >= 4 is 28.9 Å². The molecule has 1 aromatic carbocycles. The Morgan fingerprint density at radius 3 is 2.77 bits per heavy atom. The van der Waals surface area contributed by atoms with Gasteiger partial charge in [0.2, 0.25) is 15.9 Å². The number of nitrogens with two attached hydrogens (primary N) is 1. The monoisotopic (exact) mass is 382 g/mol. The van der Waals surface area contributed by atoms with Crippen molar-refractivity contribution in [3.63, 3.8) is 0 Å². The van der Waals surface area contributed by atoms with Gasteiger partial charge in [-0.05, 0) is 31.5 Å². The number of benzene rings is 1. The summed E-state index contributed by atoms with van der Waals surface area (Å²) < 4.78 is 30.3. The summed E-state index contributed by atoms with van der Waals surface area (Å²) in [5.74, 6) is -1.84. The standard InChI is InChI=1S/C14H19BN4O6S/c1-17-26(23,24)7-3-6-12(20)18-11-8-9-4-2-5-10(14(16)21)13(9)25-15(11)19-22/h2,4-5,11,17H,3,6-8H2,1H3,(H2,16,21)(H,18,20)/t11-/m0/s1. The van der Waals surface area contributed by atoms with E-state index in [1.165, 1.54) is 13.1 Å². The molecule has 0 bridgehead atoms. The fourth-order valence-corrected chi connectivity index (χ4v) is 3.37. The van der Waals surface area contributed by atoms with Crippen LogP contribution in [0.5, 0.6) is 5.75 Å². The van der Waals surface area contributed by atoms with Crippen LogP contribution < -0.4 is 20.4 Å². The molecule has 0 aromatic heterocycles. The summed E-state index contributed by atoms with van der Waals surface area (Å²) in [7, 11) is -3.30. The van der Waals surface area contributed by atoms with Crippen molar-refractivity contribution in [2.24, 2.45) is 10.8 Å². The first-order valence-corrected chi connectivity index (χ1v) is 9.54. The highest BCUT2D eigenvalue weighted by Gasteiger charge is 2.40. The van der Waals surface area contributed by atoms with Gasteiger partial charge in [0.1, 0.15) is 5.75 Å². The second-order valence-corrected chi connectivity index (χ2v) is 7.82. The molecule has 10 nitrogen and oxygen atoms in total. The molecule has 2 amide bonds. The van der Waals surface area contributed by atoms with Crippen molar-refractivity contribution in [3.05, 3.63) is 34.2 Å². The number of nitrogens with one attached hydrogen (secondary N) is 2. The third-order valence-corrected chi connectivity index (χ3v) is 5.41. The average Bonchev–Trinajstić information content (AvgIpc) is 2.60. The lowest BCUT2D eigenvalue weighted by Crippen LogP contribution is -2.52. The van der Waals surface area contributed by atoms with E-state index < -0.39 is 34.8 Å². The number of fused-ring (bicyclic) bond motifs is 1. The zero-order valence-electron chi connectivity index (χ0n) is 14.1. The Balaban J connectivity index is 2.04. The quantitative estimate of drug-likeness (QED) is 0.400. The lowest BCUT2D eigenvalue weighted by Gasteiger charge is -2.28. The zero-order valence-corrected chi connectivity index (χ0v) is 14.9. The van der Waals surface area contributed by atoms with Crippen molar-refractivity contribution < 1.29 is 22.7 Å². The van der Waals surface area contributed by atoms with E-state index in [1.54, 1.807) is 12.1 Å². The van der Waals surface area contributed by atoms with Crippen LogP contribution in [0.25, 0.3) is 0 Å². The molecule has 0 fully saturated rings. The van der Waals surface area contributed by atoms with Gasteiger partial charge in [-0.2, -0.15) is 4.91 Å². The minimum Gasteiger partial charge on any atom is -0.536 e. The Hall–Kier alpha value is -2.47. The topological polar surface area (TPSA) is 157 Å². The van der Waals surface area contributed by atoms with Gasteiger partial charge < -0.3 is 15.7 Å². The van der Waals surface area contributed by atoms with E-state index >= 15 is 0 Å². The van der Waals surface area contributed by atoms with E-state index in [0.29, 0.717) is 5.56 Å². The molecule has 1 aliphatic rings. The molecule has 0 unspecified atom stereocenters. The van der Waals surface area contributed by atoms with Crippen LogP contribution in [0.2, 0.25) is 0 Å². The summed E-state index contributed by atoms with van der Waals surface area (Å²) in [6, 6.07) is 4.80. The first-order chi connectivity index (χ1) is 12.3. The summed E-state index contributed by atoms with van der Waals surface area (Å²) in [6.07, 6.45) is 0.328. The number of nitrogens with zero attached hydrogens (tertiary/aromatic N) is 1. The van der Waals surface area contributed by atoms with Gasteiger partial charge in [-0.25, -0.2) is 13.1 Å². The van der Waals surface area contributed by atoms with E-state index in [-0.39, 0.29) is 36.3 Å². The van der Waals surface area contributed by atoms with E-state index in [1.807, 2.05) is 0 Å². The first kappa shape index (κ1) is 19.9. The molecule has 26 heavy (non-hydrogen) atoms. The number of nitroso groups, excluding NO2 is 1. The number of rotatable bonds is 8. The summed E-state index contributed by atoms with van der Waals surface area (Å²) in [5, 5.41) is 5.49. The van der Waals surface area contributed by atoms with E-state index in [0.717, 1.165) is 0 Å². The van der Waals surface area contributed by atoms with Gasteiger partial charge in [0.15, 0.2) is 0 Å². The summed E-state index contributed by atoms with van der Waals surface area (Å²) >= 11 is 0. The number of hydrogen-bond donors (Lipinski definition) is 3. The van der Waals surface area contributed by atoms with Gasteiger partial charge in [0, 0.05) is 6.42 Å². The predicted molar refractivity (Wildman–Crippen MR) is 94.9 cm³/mol. The molecule has 1 heterocycles. The fraction of sp³-hybridized carbons (Fsp3) is 0.429. The molecule has 140 valence electrons. The van der Waals surface area contributed by atoms with Crippen molar-refractivity contribution in [3.8, 4) is 5.75 Å². The number of hydrogen-bond acceptors (Lipinski definition) is 7. The molecule has 2 rings (SSSR count). The Morgan fingerprint density at radius 1 is 1.42 bits per heavy atom. The van der Waals surface area contributed by atoms with Crippen LogP contribution in [0.4, 0.5) is 0 Å². The van der Waals surface area contributed by atoms with Gasteiger partial charge in [0.25, 0.3) is 5.91 Å². The Morgan fingerprint density at radius 2 is 2.15 bits per heavy atom. The highest BCUT2D eigenvalue weighted by molar-refractivity contribution is 7.89. The van der Waals surface area contributed by atoms with Crippen molar-refractivity contribution in [1.82, 2.24) is 10.0 Å². The molecule has 0 radical (unpaired) electrons. The van der Waals surface area contributed by atoms with Crippen LogP contribution in [0, 0.1) is 4.91 Å². The molecule has 0 spiro atoms. The maximum atomic E-state index is 12.0. The Kier molecular flexibility index (Phi) is 6.32. The lowest BCUT2D eigenvalue weighted by atomic mass is 9.68. The number of para-hydroxylation sites is 1. The van der Waals surface area contributed by atoms with Crippen LogP contribution in [-0.2, 0) is 21.2 Å². The molecule has 0 saturated heterocycles. The minimum absolute atomic E-state index is 0.0306. The summed E-state index contributed by atoms with van der Waals surface area (Å²) in [4.78, 5) is 34.6. The molecule has 4 N–H and O–H groups in total. The highest BCUT2D eigenvalue weighted by atomic mass is 32.2. The second-order valence-electron chi connectivity index (χ2n) is 5.78. The van der Waals surface area contributed by atoms with E-state index in [9.17, 15) is 22.9 Å². The third-order valence-electron chi connectivity index (χ3n) is 3.96. The van der Waals surface area contributed by atoms with Crippen molar-refractivity contribution in [2.45, 2.75) is 25.2 Å². The molecule has 1 atom stereocenters. The molecule has 1 aromatic rings. The predicted octanol–water partition coefficient (Wildman–Crippen LogP) is -0.672. The Bertz CT molecular complexity index is 816. The smallest absolute Gasteiger partial charge is 0.536 e. The fourth-order valence-electron chi connectivity index (χ4n) is 2.64. The first-order valence-electron chi connectivity index (χ1n) is 7.89. The van der Waals surface area contributed by atoms with Gasteiger partial charge in [-0.3, -0.25) is 9.59 Å². The molecular formula is C14H19BN4O6S. The van der Waals surface area contributed by atoms with Crippen LogP contribution >= 0.6 is 0 Å². The second kappa shape index (κ2) is 8.28. The van der Waals surface area contributed by atoms with Gasteiger partial charge >= 0.3 is 7.05 Å². The molecular weight excluding hydrogens is 363 g/mol. The average molecular weight is 382 g/mol. The molecule has 0 aliphatic carbocycles. The highest BCUT2D eigenvalue weighted by Crippen LogP contribution is 2.30. The van der Waals surface area contributed by atoms with Crippen molar-refractivity contribution in [2.75, 3.05) is 12.8 Å². The number of carbonyl (C=O) groups is 2. The zero-order chi connectivity index (χ0) is 19.3. The maximum absolute atomic E-state index is 12.0. The molecule has 12 heteroatoms. The third kappa shape index (κ3) is 4.79. The van der Waals surface area contributed by atoms with Crippen LogP contribution in [0.15, 0.2) is 23.3 Å². The number of sulfonamides is 1. The van der Waals surface area contributed by atoms with Gasteiger partial charge in [-0.15, -0.1) is 0 Å². The Labute approximate surface area is 151 Å². The van der Waals surface area contributed by atoms with Crippen LogP contribution in [0.1, 0.15) is 28.8 Å². The summed E-state index contributed by atoms with van der Waals surface area (Å²) in [6.45, 7) is 0. The maximum Gasteiger partial charge on any atom is 0.570 e. The number of primary amides is 1. The van der Waals surface area contributed by atoms with Gasteiger partial charge in [-0.1, -0.05) is 17.2 Å². The van der Waals surface area contributed by atoms with Crippen LogP contribution in [0.3, 0.4) is 0 Å². The van der Waals surface area contributed by atoms with E-state index in [4.69, 9.17) is 10.4 Å². The summed E-state index contributed by atoms with van der Waals surface area (Å²) in [5.41, 5.74) is 6.04. The van der Waals surface area contributed by atoms with Gasteiger partial charge in [0.05, 0.1) is 17.3 Å². The normalized spacial score (nSPS) is 16.3. The minimum atomic E-state index is -3.38. The van der Waals surface area contributed by atoms with E-state index in [2.05, 4.69) is 15.1 Å². The molecule has 0 saturated carbocycles. The van der Waals surface area contributed by atoms with Crippen molar-refractivity contribution in [1.29, 1.82) is 0 Å². The largest absolute Gasteiger partial charge is 0.570 e. The number of amides is 2. The van der Waals surface area contributed by atoms with Crippen LogP contribution in [-0.4, -0.2) is 46.0 Å². The number of carbonyl (C=O) groups excluding carboxylic acids is 2. The molecule has 1 aliphatic heterocycles. The lowest BCUT2D eigenvalue weighted by molar-refractivity contribution is -0.121.